The summed E-state index contributed by atoms with van der Waals surface area (Å²) in [6, 6.07) is 12.5. The number of carbonyl (C=O) groups excluding carboxylic acids is 1. The number of anilines is 1. The van der Waals surface area contributed by atoms with Gasteiger partial charge in [-0.1, -0.05) is 0 Å². The molecule has 28 heavy (non-hydrogen) atoms. The third-order valence-corrected chi connectivity index (χ3v) is 4.62. The fourth-order valence-corrected chi connectivity index (χ4v) is 3.05. The maximum atomic E-state index is 13.8. The monoisotopic (exact) mass is 383 g/mol. The average Bonchev–Trinajstić information content (AvgIpc) is 2.73. The number of hydrogen-bond donors (Lipinski definition) is 0. The zero-order valence-electron chi connectivity index (χ0n) is 15.4. The van der Waals surface area contributed by atoms with Crippen molar-refractivity contribution in [3.8, 4) is 11.8 Å². The van der Waals surface area contributed by atoms with Gasteiger partial charge in [-0.25, -0.2) is 8.78 Å². The van der Waals surface area contributed by atoms with E-state index in [-0.39, 0.29) is 11.1 Å². The lowest BCUT2D eigenvalue weighted by atomic mass is 10.1. The predicted octanol–water partition coefficient (Wildman–Crippen LogP) is 3.23. The molecule has 3 rings (SSSR count). The van der Waals surface area contributed by atoms with Crippen LogP contribution in [0.1, 0.15) is 5.56 Å². The van der Waals surface area contributed by atoms with Gasteiger partial charge in [-0.3, -0.25) is 4.79 Å². The van der Waals surface area contributed by atoms with Gasteiger partial charge in [-0.15, -0.1) is 0 Å². The number of nitriles is 1. The molecular weight excluding hydrogens is 364 g/mol. The quantitative estimate of drug-likeness (QED) is 0.601. The van der Waals surface area contributed by atoms with Gasteiger partial charge in [0.2, 0.25) is 0 Å². The number of piperazine rings is 1. The second-order valence-electron chi connectivity index (χ2n) is 6.31. The lowest BCUT2D eigenvalue weighted by Crippen LogP contribution is -2.49. The van der Waals surface area contributed by atoms with E-state index < -0.39 is 17.5 Å². The highest BCUT2D eigenvalue weighted by atomic mass is 19.1. The molecule has 0 spiro atoms. The van der Waals surface area contributed by atoms with Crippen molar-refractivity contribution in [3.63, 3.8) is 0 Å². The molecule has 5 nitrogen and oxygen atoms in total. The Labute approximate surface area is 162 Å². The number of rotatable bonds is 4. The van der Waals surface area contributed by atoms with Crippen LogP contribution in [-0.2, 0) is 4.79 Å². The molecular formula is C21H19F2N3O2. The standard InChI is InChI=1S/C21H19F2N3O2/c1-28-19-6-4-18(5-7-19)25-8-10-26(11-9-25)21(27)16(14-24)12-15-2-3-17(22)13-20(15)23/h2-7,12-13H,8-11H2,1H3/b16-12+. The van der Waals surface area contributed by atoms with E-state index in [2.05, 4.69) is 4.90 Å². The first-order valence-corrected chi connectivity index (χ1v) is 8.77. The molecule has 1 heterocycles. The van der Waals surface area contributed by atoms with Crippen molar-refractivity contribution in [2.24, 2.45) is 0 Å². The van der Waals surface area contributed by atoms with Crippen LogP contribution in [0.2, 0.25) is 0 Å². The Hall–Kier alpha value is -3.40. The number of methoxy groups -OCH3 is 1. The van der Waals surface area contributed by atoms with Crippen LogP contribution in [0.5, 0.6) is 5.75 Å². The molecule has 0 radical (unpaired) electrons. The molecule has 7 heteroatoms. The Bertz CT molecular complexity index is 928. The van der Waals surface area contributed by atoms with Gasteiger partial charge in [0.25, 0.3) is 5.91 Å². The van der Waals surface area contributed by atoms with Crippen molar-refractivity contribution in [2.75, 3.05) is 38.2 Å². The third-order valence-electron chi connectivity index (χ3n) is 4.62. The van der Waals surface area contributed by atoms with E-state index in [4.69, 9.17) is 4.74 Å². The molecule has 0 N–H and O–H groups in total. The number of halogens is 2. The van der Waals surface area contributed by atoms with Crippen LogP contribution in [0.3, 0.4) is 0 Å². The highest BCUT2D eigenvalue weighted by molar-refractivity contribution is 6.01. The van der Waals surface area contributed by atoms with Gasteiger partial charge < -0.3 is 14.5 Å². The van der Waals surface area contributed by atoms with Gasteiger partial charge in [0.15, 0.2) is 0 Å². The van der Waals surface area contributed by atoms with E-state index in [1.165, 1.54) is 6.07 Å². The summed E-state index contributed by atoms with van der Waals surface area (Å²) >= 11 is 0. The van der Waals surface area contributed by atoms with Crippen molar-refractivity contribution in [1.29, 1.82) is 5.26 Å². The highest BCUT2D eigenvalue weighted by Crippen LogP contribution is 2.21. The summed E-state index contributed by atoms with van der Waals surface area (Å²) in [4.78, 5) is 16.3. The number of carbonyl (C=O) groups is 1. The number of amides is 1. The van der Waals surface area contributed by atoms with Crippen molar-refractivity contribution in [1.82, 2.24) is 4.90 Å². The molecule has 2 aromatic carbocycles. The molecule has 0 unspecified atom stereocenters. The van der Waals surface area contributed by atoms with Crippen LogP contribution in [-0.4, -0.2) is 44.1 Å². The van der Waals surface area contributed by atoms with E-state index in [9.17, 15) is 18.8 Å². The zero-order chi connectivity index (χ0) is 20.1. The summed E-state index contributed by atoms with van der Waals surface area (Å²) in [6.45, 7) is 2.11. The first-order valence-electron chi connectivity index (χ1n) is 8.77. The van der Waals surface area contributed by atoms with Gasteiger partial charge >= 0.3 is 0 Å². The summed E-state index contributed by atoms with van der Waals surface area (Å²) < 4.78 is 32.0. The van der Waals surface area contributed by atoms with Gasteiger partial charge in [0.05, 0.1) is 7.11 Å². The van der Waals surface area contributed by atoms with Crippen molar-refractivity contribution in [3.05, 3.63) is 65.2 Å². The second-order valence-corrected chi connectivity index (χ2v) is 6.31. The topological polar surface area (TPSA) is 56.6 Å². The van der Waals surface area contributed by atoms with Gasteiger partial charge in [-0.05, 0) is 42.5 Å². The molecule has 1 amide bonds. The minimum atomic E-state index is -0.815. The first-order chi connectivity index (χ1) is 13.5. The minimum Gasteiger partial charge on any atom is -0.497 e. The molecule has 144 valence electrons. The Morgan fingerprint density at radius 1 is 1.11 bits per heavy atom. The van der Waals surface area contributed by atoms with Crippen LogP contribution < -0.4 is 9.64 Å². The van der Waals surface area contributed by atoms with Crippen LogP contribution in [0, 0.1) is 23.0 Å². The van der Waals surface area contributed by atoms with Crippen molar-refractivity contribution >= 4 is 17.7 Å². The van der Waals surface area contributed by atoms with Gasteiger partial charge in [0, 0.05) is 43.5 Å². The fraction of sp³-hybridized carbons (Fsp3) is 0.238. The molecule has 0 bridgehead atoms. The maximum absolute atomic E-state index is 13.8. The molecule has 2 aromatic rings. The summed E-state index contributed by atoms with van der Waals surface area (Å²) in [7, 11) is 1.61. The summed E-state index contributed by atoms with van der Waals surface area (Å²) in [6.07, 6.45) is 1.16. The molecule has 1 aliphatic rings. The van der Waals surface area contributed by atoms with Crippen molar-refractivity contribution in [2.45, 2.75) is 0 Å². The van der Waals surface area contributed by atoms with E-state index in [1.54, 1.807) is 12.0 Å². The van der Waals surface area contributed by atoms with Crippen LogP contribution in [0.15, 0.2) is 48.0 Å². The second kappa shape index (κ2) is 8.53. The predicted molar refractivity (Wildman–Crippen MR) is 102 cm³/mol. The molecule has 0 aromatic heterocycles. The third kappa shape index (κ3) is 4.29. The zero-order valence-corrected chi connectivity index (χ0v) is 15.4. The van der Waals surface area contributed by atoms with Crippen molar-refractivity contribution < 1.29 is 18.3 Å². The summed E-state index contributed by atoms with van der Waals surface area (Å²) in [5.41, 5.74) is 0.851. The highest BCUT2D eigenvalue weighted by Gasteiger charge is 2.24. The lowest BCUT2D eigenvalue weighted by molar-refractivity contribution is -0.126. The molecule has 0 atom stereocenters. The van der Waals surface area contributed by atoms with E-state index in [0.29, 0.717) is 26.2 Å². The summed E-state index contributed by atoms with van der Waals surface area (Å²) in [5.74, 6) is -1.21. The Kier molecular flexibility index (Phi) is 5.90. The molecule has 0 aliphatic carbocycles. The number of ether oxygens (including phenoxy) is 1. The van der Waals surface area contributed by atoms with Crippen LogP contribution >= 0.6 is 0 Å². The fourth-order valence-electron chi connectivity index (χ4n) is 3.05. The first kappa shape index (κ1) is 19.4. The molecule has 1 fully saturated rings. The maximum Gasteiger partial charge on any atom is 0.264 e. The Morgan fingerprint density at radius 2 is 1.79 bits per heavy atom. The number of hydrogen-bond acceptors (Lipinski definition) is 4. The van der Waals surface area contributed by atoms with Crippen LogP contribution in [0.4, 0.5) is 14.5 Å². The molecule has 0 saturated carbocycles. The van der Waals surface area contributed by atoms with E-state index >= 15 is 0 Å². The Morgan fingerprint density at radius 3 is 2.36 bits per heavy atom. The van der Waals surface area contributed by atoms with Gasteiger partial charge in [0.1, 0.15) is 29.0 Å². The number of benzene rings is 2. The molecule has 1 saturated heterocycles. The van der Waals surface area contributed by atoms with Crippen LogP contribution in [0.25, 0.3) is 6.08 Å². The number of nitrogens with zero attached hydrogens (tertiary/aromatic N) is 3. The Balaban J connectivity index is 1.67. The minimum absolute atomic E-state index is 0.00293. The normalized spacial score (nSPS) is 14.6. The molecule has 1 aliphatic heterocycles. The SMILES string of the molecule is COc1ccc(N2CCN(C(=O)/C(C#N)=C/c3ccc(F)cc3F)CC2)cc1. The van der Waals surface area contributed by atoms with E-state index in [1.807, 2.05) is 30.3 Å². The average molecular weight is 383 g/mol. The lowest BCUT2D eigenvalue weighted by Gasteiger charge is -2.36. The van der Waals surface area contributed by atoms with E-state index in [0.717, 1.165) is 29.6 Å². The smallest absolute Gasteiger partial charge is 0.264 e. The summed E-state index contributed by atoms with van der Waals surface area (Å²) in [5, 5.41) is 9.33. The van der Waals surface area contributed by atoms with Gasteiger partial charge in [-0.2, -0.15) is 5.26 Å². The largest absolute Gasteiger partial charge is 0.497 e.